The normalized spacial score (nSPS) is 27.2. The molecule has 0 unspecified atom stereocenters. The summed E-state index contributed by atoms with van der Waals surface area (Å²) in [4.78, 5) is 17.7. The third-order valence-corrected chi connectivity index (χ3v) is 3.48. The second kappa shape index (κ2) is 5.14. The van der Waals surface area contributed by atoms with Crippen LogP contribution in [0, 0.1) is 0 Å². The van der Waals surface area contributed by atoms with Gasteiger partial charge < -0.3 is 19.8 Å². The summed E-state index contributed by atoms with van der Waals surface area (Å²) >= 11 is 0. The maximum absolute atomic E-state index is 12.2. The minimum Gasteiger partial charge on any atom is -0.481 e. The van der Waals surface area contributed by atoms with Crippen LogP contribution in [0.5, 0.6) is 5.88 Å². The lowest BCUT2D eigenvalue weighted by atomic mass is 9.90. The number of piperidine rings is 1. The van der Waals surface area contributed by atoms with Gasteiger partial charge in [0.2, 0.25) is 5.88 Å². The number of β-amino-alcohol motifs (C(OH)–C–C–N with tert-alkyl or cyclic N) is 1. The Labute approximate surface area is 111 Å². The van der Waals surface area contributed by atoms with Crippen molar-refractivity contribution in [3.8, 4) is 5.88 Å². The van der Waals surface area contributed by atoms with Crippen molar-refractivity contribution in [3.05, 3.63) is 23.9 Å². The first-order valence-electron chi connectivity index (χ1n) is 6.14. The highest BCUT2D eigenvalue weighted by molar-refractivity contribution is 5.94. The molecule has 6 heteroatoms. The molecule has 104 valence electrons. The summed E-state index contributed by atoms with van der Waals surface area (Å²) in [6, 6.07) is 3.25. The Kier molecular flexibility index (Phi) is 3.73. The van der Waals surface area contributed by atoms with Crippen LogP contribution >= 0.6 is 0 Å². The molecule has 1 aromatic rings. The van der Waals surface area contributed by atoms with Crippen molar-refractivity contribution in [2.45, 2.75) is 25.0 Å². The highest BCUT2D eigenvalue weighted by Gasteiger charge is 2.38. The Hall–Kier alpha value is -1.66. The molecule has 0 spiro atoms. The second-order valence-electron chi connectivity index (χ2n) is 4.96. The van der Waals surface area contributed by atoms with Gasteiger partial charge in [0.05, 0.1) is 24.4 Å². The van der Waals surface area contributed by atoms with Gasteiger partial charge in [-0.05, 0) is 19.4 Å². The molecule has 0 bridgehead atoms. The molecular weight excluding hydrogens is 248 g/mol. The summed E-state index contributed by atoms with van der Waals surface area (Å²) in [5.74, 6) is 0.239. The van der Waals surface area contributed by atoms with Crippen LogP contribution in [0.25, 0.3) is 0 Å². The first-order chi connectivity index (χ1) is 8.94. The SMILES string of the molecule is COc1ccc(C(=O)N2CC[C@](C)(O)[C@H](O)C2)cn1. The van der Waals surface area contributed by atoms with Gasteiger partial charge in [-0.2, -0.15) is 0 Å². The van der Waals surface area contributed by atoms with Crippen molar-refractivity contribution < 1.29 is 19.7 Å². The number of pyridine rings is 1. The molecule has 2 heterocycles. The number of hydrogen-bond donors (Lipinski definition) is 2. The van der Waals surface area contributed by atoms with Crippen LogP contribution in [0.3, 0.4) is 0 Å². The van der Waals surface area contributed by atoms with Crippen LogP contribution in [0.2, 0.25) is 0 Å². The van der Waals surface area contributed by atoms with Gasteiger partial charge in [0, 0.05) is 25.4 Å². The first-order valence-corrected chi connectivity index (χ1v) is 6.14. The molecule has 2 atom stereocenters. The van der Waals surface area contributed by atoms with Crippen LogP contribution in [-0.2, 0) is 0 Å². The minimum absolute atomic E-state index is 0.123. The summed E-state index contributed by atoms with van der Waals surface area (Å²) in [6.45, 7) is 2.11. The fraction of sp³-hybridized carbons (Fsp3) is 0.538. The average Bonchev–Trinajstić information content (AvgIpc) is 2.41. The molecule has 1 aliphatic rings. The Balaban J connectivity index is 2.08. The predicted molar refractivity (Wildman–Crippen MR) is 67.9 cm³/mol. The molecule has 6 nitrogen and oxygen atoms in total. The Morgan fingerprint density at radius 1 is 1.58 bits per heavy atom. The van der Waals surface area contributed by atoms with E-state index in [1.807, 2.05) is 0 Å². The molecule has 1 fully saturated rings. The number of carbonyl (C=O) groups is 1. The highest BCUT2D eigenvalue weighted by atomic mass is 16.5. The van der Waals surface area contributed by atoms with Gasteiger partial charge in [0.1, 0.15) is 0 Å². The number of carbonyl (C=O) groups excluding carboxylic acids is 1. The zero-order chi connectivity index (χ0) is 14.0. The molecule has 1 aliphatic heterocycles. The quantitative estimate of drug-likeness (QED) is 0.790. The lowest BCUT2D eigenvalue weighted by Crippen LogP contribution is -2.55. The second-order valence-corrected chi connectivity index (χ2v) is 4.96. The van der Waals surface area contributed by atoms with E-state index in [1.54, 1.807) is 19.1 Å². The van der Waals surface area contributed by atoms with Crippen LogP contribution in [0.1, 0.15) is 23.7 Å². The monoisotopic (exact) mass is 266 g/mol. The molecule has 1 saturated heterocycles. The average molecular weight is 266 g/mol. The molecule has 19 heavy (non-hydrogen) atoms. The smallest absolute Gasteiger partial charge is 0.255 e. The highest BCUT2D eigenvalue weighted by Crippen LogP contribution is 2.23. The number of hydrogen-bond acceptors (Lipinski definition) is 5. The topological polar surface area (TPSA) is 82.9 Å². The van der Waals surface area contributed by atoms with E-state index in [2.05, 4.69) is 4.98 Å². The summed E-state index contributed by atoms with van der Waals surface area (Å²) in [5, 5.41) is 19.7. The van der Waals surface area contributed by atoms with E-state index in [0.717, 1.165) is 0 Å². The third kappa shape index (κ3) is 2.85. The summed E-state index contributed by atoms with van der Waals surface area (Å²) in [6.07, 6.45) is 0.862. The third-order valence-electron chi connectivity index (χ3n) is 3.48. The van der Waals surface area contributed by atoms with E-state index in [9.17, 15) is 15.0 Å². The molecule has 1 amide bonds. The van der Waals surface area contributed by atoms with Gasteiger partial charge in [0.15, 0.2) is 0 Å². The maximum Gasteiger partial charge on any atom is 0.255 e. The van der Waals surface area contributed by atoms with Crippen LogP contribution in [0.4, 0.5) is 0 Å². The van der Waals surface area contributed by atoms with Gasteiger partial charge in [-0.15, -0.1) is 0 Å². The van der Waals surface area contributed by atoms with Gasteiger partial charge in [-0.3, -0.25) is 4.79 Å². The number of rotatable bonds is 2. The molecule has 0 saturated carbocycles. The van der Waals surface area contributed by atoms with Crippen LogP contribution in [-0.4, -0.2) is 57.9 Å². The van der Waals surface area contributed by atoms with E-state index in [-0.39, 0.29) is 12.5 Å². The van der Waals surface area contributed by atoms with E-state index >= 15 is 0 Å². The van der Waals surface area contributed by atoms with Crippen molar-refractivity contribution >= 4 is 5.91 Å². The number of aliphatic hydroxyl groups is 2. The zero-order valence-electron chi connectivity index (χ0n) is 11.0. The summed E-state index contributed by atoms with van der Waals surface area (Å²) < 4.78 is 4.93. The Morgan fingerprint density at radius 2 is 2.32 bits per heavy atom. The number of nitrogens with zero attached hydrogens (tertiary/aromatic N) is 2. The van der Waals surface area contributed by atoms with Crippen molar-refractivity contribution in [1.29, 1.82) is 0 Å². The van der Waals surface area contributed by atoms with Gasteiger partial charge in [-0.25, -0.2) is 4.98 Å². The predicted octanol–water partition coefficient (Wildman–Crippen LogP) is 0.0480. The zero-order valence-corrected chi connectivity index (χ0v) is 11.0. The molecular formula is C13H18N2O4. The number of ether oxygens (including phenoxy) is 1. The van der Waals surface area contributed by atoms with Crippen molar-refractivity contribution in [3.63, 3.8) is 0 Å². The van der Waals surface area contributed by atoms with Crippen molar-refractivity contribution in [2.75, 3.05) is 20.2 Å². The molecule has 1 aromatic heterocycles. The van der Waals surface area contributed by atoms with Crippen LogP contribution in [0.15, 0.2) is 18.3 Å². The van der Waals surface area contributed by atoms with E-state index in [4.69, 9.17) is 4.74 Å². The summed E-state index contributed by atoms with van der Waals surface area (Å²) in [7, 11) is 1.51. The van der Waals surface area contributed by atoms with E-state index in [0.29, 0.717) is 24.4 Å². The van der Waals surface area contributed by atoms with Gasteiger partial charge >= 0.3 is 0 Å². The van der Waals surface area contributed by atoms with E-state index in [1.165, 1.54) is 18.2 Å². The molecule has 2 N–H and O–H groups in total. The Morgan fingerprint density at radius 3 is 2.84 bits per heavy atom. The number of aliphatic hydroxyl groups excluding tert-OH is 1. The van der Waals surface area contributed by atoms with Crippen LogP contribution < -0.4 is 4.74 Å². The standard InChI is InChI=1S/C13H18N2O4/c1-13(18)5-6-15(8-10(13)16)12(17)9-3-4-11(19-2)14-7-9/h3-4,7,10,16,18H,5-6,8H2,1-2H3/t10-,13+/m1/s1. The molecule has 2 rings (SSSR count). The maximum atomic E-state index is 12.2. The largest absolute Gasteiger partial charge is 0.481 e. The fourth-order valence-electron chi connectivity index (χ4n) is 2.02. The number of amides is 1. The number of likely N-dealkylation sites (tertiary alicyclic amines) is 1. The van der Waals surface area contributed by atoms with Gasteiger partial charge in [0.25, 0.3) is 5.91 Å². The molecule has 0 aliphatic carbocycles. The van der Waals surface area contributed by atoms with Crippen molar-refractivity contribution in [2.24, 2.45) is 0 Å². The number of aromatic nitrogens is 1. The van der Waals surface area contributed by atoms with Gasteiger partial charge in [-0.1, -0.05) is 0 Å². The van der Waals surface area contributed by atoms with E-state index < -0.39 is 11.7 Å². The lowest BCUT2D eigenvalue weighted by Gasteiger charge is -2.39. The Bertz CT molecular complexity index is 458. The molecule has 0 radical (unpaired) electrons. The minimum atomic E-state index is -1.13. The molecule has 0 aromatic carbocycles. The summed E-state index contributed by atoms with van der Waals surface area (Å²) in [5.41, 5.74) is -0.691. The fourth-order valence-corrected chi connectivity index (χ4v) is 2.02. The lowest BCUT2D eigenvalue weighted by molar-refractivity contribution is -0.0999. The van der Waals surface area contributed by atoms with Crippen molar-refractivity contribution in [1.82, 2.24) is 9.88 Å². The number of methoxy groups -OCH3 is 1. The first kappa shape index (κ1) is 13.8.